The van der Waals surface area contributed by atoms with E-state index in [0.717, 1.165) is 42.3 Å². The first-order valence-electron chi connectivity index (χ1n) is 9.38. The lowest BCUT2D eigenvalue weighted by Crippen LogP contribution is -2.32. The van der Waals surface area contributed by atoms with Crippen LogP contribution in [0.3, 0.4) is 0 Å². The quantitative estimate of drug-likeness (QED) is 0.661. The second-order valence-corrected chi connectivity index (χ2v) is 10.1. The number of rotatable bonds is 5. The maximum atomic E-state index is 13.5. The number of nitrogens with one attached hydrogen (secondary N) is 1. The molecule has 1 aliphatic rings. The maximum absolute atomic E-state index is 13.5. The first-order valence-corrected chi connectivity index (χ1v) is 12.0. The van der Waals surface area contributed by atoms with Crippen molar-refractivity contribution in [3.8, 4) is 0 Å². The van der Waals surface area contributed by atoms with E-state index >= 15 is 0 Å². The zero-order valence-electron chi connectivity index (χ0n) is 16.1. The average molecular weight is 432 g/mol. The summed E-state index contributed by atoms with van der Waals surface area (Å²) in [6.45, 7) is 4.75. The molecule has 0 radical (unpaired) electrons. The van der Waals surface area contributed by atoms with Gasteiger partial charge in [-0.1, -0.05) is 12.1 Å². The smallest absolute Gasteiger partial charge is 0.263 e. The first-order chi connectivity index (χ1) is 13.9. The number of benzene rings is 2. The summed E-state index contributed by atoms with van der Waals surface area (Å²) in [5.41, 5.74) is 3.00. The molecule has 1 saturated heterocycles. The molecule has 1 aliphatic heterocycles. The van der Waals surface area contributed by atoms with Gasteiger partial charge in [0.05, 0.1) is 11.2 Å². The molecule has 2 heterocycles. The molecule has 3 aromatic rings. The van der Waals surface area contributed by atoms with E-state index in [4.69, 9.17) is 0 Å². The fraction of sp³-hybridized carbons (Fsp3) is 0.286. The van der Waals surface area contributed by atoms with Gasteiger partial charge in [0.2, 0.25) is 0 Å². The highest BCUT2D eigenvalue weighted by Gasteiger charge is 2.18. The number of fused-ring (bicyclic) bond motifs is 1. The van der Waals surface area contributed by atoms with Crippen LogP contribution in [0.1, 0.15) is 11.1 Å². The average Bonchev–Trinajstić information content (AvgIpc) is 2.70. The van der Waals surface area contributed by atoms with Crippen LogP contribution in [0, 0.1) is 12.7 Å². The Morgan fingerprint density at radius 3 is 2.72 bits per heavy atom. The Balaban J connectivity index is 1.59. The van der Waals surface area contributed by atoms with Gasteiger partial charge in [0.1, 0.15) is 10.7 Å². The first kappa shape index (κ1) is 20.1. The Labute approximate surface area is 174 Å². The van der Waals surface area contributed by atoms with E-state index in [1.807, 2.05) is 36.9 Å². The summed E-state index contributed by atoms with van der Waals surface area (Å²) in [5.74, 6) is 1.82. The normalized spacial score (nSPS) is 15.5. The van der Waals surface area contributed by atoms with Crippen LogP contribution >= 0.6 is 11.8 Å². The Hall–Kier alpha value is -2.16. The Morgan fingerprint density at radius 1 is 1.14 bits per heavy atom. The molecule has 0 amide bonds. The summed E-state index contributed by atoms with van der Waals surface area (Å²) in [5, 5.41) is 0.446. The molecule has 0 atom stereocenters. The molecule has 0 unspecified atom stereocenters. The van der Waals surface area contributed by atoms with Crippen LogP contribution < -0.4 is 4.72 Å². The number of anilines is 1. The highest BCUT2D eigenvalue weighted by Crippen LogP contribution is 2.24. The molecule has 8 heteroatoms. The third-order valence-corrected chi connectivity index (χ3v) is 7.26. The maximum Gasteiger partial charge on any atom is 0.263 e. The van der Waals surface area contributed by atoms with Crippen molar-refractivity contribution in [2.24, 2.45) is 0 Å². The van der Waals surface area contributed by atoms with Crippen molar-refractivity contribution in [3.63, 3.8) is 0 Å². The van der Waals surface area contributed by atoms with Gasteiger partial charge in [-0.05, 0) is 48.4 Å². The third-order valence-electron chi connectivity index (χ3n) is 4.98. The predicted octanol–water partition coefficient (Wildman–Crippen LogP) is 4.03. The summed E-state index contributed by atoms with van der Waals surface area (Å²) < 4.78 is 42.0. The van der Waals surface area contributed by atoms with Crippen molar-refractivity contribution in [2.45, 2.75) is 18.4 Å². The zero-order chi connectivity index (χ0) is 20.4. The standard InChI is InChI=1S/C21H22FN3O2S2/c1-15-2-3-16(14-25-6-8-28-9-7-25)10-21(15)24-29(26,27)19-12-17-11-18(22)4-5-20(17)23-13-19/h2-5,10-13,24H,6-9,14H2,1H3. The van der Waals surface area contributed by atoms with Gasteiger partial charge in [-0.25, -0.2) is 12.8 Å². The van der Waals surface area contributed by atoms with Crippen LogP contribution in [0.5, 0.6) is 0 Å². The van der Waals surface area contributed by atoms with Crippen molar-refractivity contribution >= 4 is 38.4 Å². The molecule has 0 bridgehead atoms. The molecule has 0 saturated carbocycles. The number of pyridine rings is 1. The Morgan fingerprint density at radius 2 is 1.93 bits per heavy atom. The molecule has 1 N–H and O–H groups in total. The third kappa shape index (κ3) is 4.71. The van der Waals surface area contributed by atoms with E-state index in [1.165, 1.54) is 30.5 Å². The van der Waals surface area contributed by atoms with Crippen molar-refractivity contribution in [2.75, 3.05) is 29.3 Å². The molecule has 29 heavy (non-hydrogen) atoms. The number of sulfonamides is 1. The van der Waals surface area contributed by atoms with E-state index in [1.54, 1.807) is 0 Å². The second kappa shape index (κ2) is 8.30. The fourth-order valence-electron chi connectivity index (χ4n) is 3.33. The number of aryl methyl sites for hydroxylation is 1. The lowest BCUT2D eigenvalue weighted by molar-refractivity contribution is 0.294. The lowest BCUT2D eigenvalue weighted by Gasteiger charge is -2.26. The topological polar surface area (TPSA) is 62.3 Å². The molecule has 2 aromatic carbocycles. The number of halogens is 1. The Bertz CT molecular complexity index is 1150. The van der Waals surface area contributed by atoms with Crippen LogP contribution in [0.15, 0.2) is 53.6 Å². The zero-order valence-corrected chi connectivity index (χ0v) is 17.7. The summed E-state index contributed by atoms with van der Waals surface area (Å²) in [6.07, 6.45) is 1.30. The number of hydrogen-bond donors (Lipinski definition) is 1. The molecule has 152 valence electrons. The van der Waals surface area contributed by atoms with E-state index in [-0.39, 0.29) is 4.90 Å². The highest BCUT2D eigenvalue weighted by molar-refractivity contribution is 7.99. The van der Waals surface area contributed by atoms with Gasteiger partial charge in [0, 0.05) is 42.7 Å². The van der Waals surface area contributed by atoms with Crippen molar-refractivity contribution in [1.29, 1.82) is 0 Å². The number of nitrogens with zero attached hydrogens (tertiary/aromatic N) is 2. The SMILES string of the molecule is Cc1ccc(CN2CCSCC2)cc1NS(=O)(=O)c1cnc2ccc(F)cc2c1. The van der Waals surface area contributed by atoms with E-state index in [0.29, 0.717) is 16.6 Å². The minimum absolute atomic E-state index is 0.00783. The molecule has 4 rings (SSSR count). The highest BCUT2D eigenvalue weighted by atomic mass is 32.2. The monoisotopic (exact) mass is 431 g/mol. The van der Waals surface area contributed by atoms with Gasteiger partial charge in [0.25, 0.3) is 10.0 Å². The minimum Gasteiger partial charge on any atom is -0.297 e. The van der Waals surface area contributed by atoms with E-state index < -0.39 is 15.8 Å². The summed E-state index contributed by atoms with van der Waals surface area (Å²) in [4.78, 5) is 6.54. The second-order valence-electron chi connectivity index (χ2n) is 7.15. The molecular weight excluding hydrogens is 409 g/mol. The molecule has 0 spiro atoms. The van der Waals surface area contributed by atoms with Crippen LogP contribution in [-0.2, 0) is 16.6 Å². The molecular formula is C21H22FN3O2S2. The molecule has 1 aromatic heterocycles. The van der Waals surface area contributed by atoms with Gasteiger partial charge < -0.3 is 0 Å². The summed E-state index contributed by atoms with van der Waals surface area (Å²) in [7, 11) is -3.84. The predicted molar refractivity (Wildman–Crippen MR) is 116 cm³/mol. The van der Waals surface area contributed by atoms with Crippen LogP contribution in [-0.4, -0.2) is 42.9 Å². The summed E-state index contributed by atoms with van der Waals surface area (Å²) in [6, 6.07) is 11.4. The fourth-order valence-corrected chi connectivity index (χ4v) is 5.41. The van der Waals surface area contributed by atoms with Gasteiger partial charge in [-0.3, -0.25) is 14.6 Å². The number of aromatic nitrogens is 1. The Kier molecular flexibility index (Phi) is 5.76. The van der Waals surface area contributed by atoms with Crippen LogP contribution in [0.2, 0.25) is 0 Å². The molecule has 1 fully saturated rings. The van der Waals surface area contributed by atoms with Gasteiger partial charge >= 0.3 is 0 Å². The largest absolute Gasteiger partial charge is 0.297 e. The molecule has 0 aliphatic carbocycles. The van der Waals surface area contributed by atoms with Crippen LogP contribution in [0.4, 0.5) is 10.1 Å². The number of thioether (sulfide) groups is 1. The summed E-state index contributed by atoms with van der Waals surface area (Å²) >= 11 is 1.96. The van der Waals surface area contributed by atoms with Gasteiger partial charge in [-0.15, -0.1) is 0 Å². The number of hydrogen-bond acceptors (Lipinski definition) is 5. The van der Waals surface area contributed by atoms with Crippen molar-refractivity contribution < 1.29 is 12.8 Å². The molecule has 5 nitrogen and oxygen atoms in total. The van der Waals surface area contributed by atoms with Crippen molar-refractivity contribution in [3.05, 3.63) is 65.6 Å². The lowest BCUT2D eigenvalue weighted by atomic mass is 10.1. The van der Waals surface area contributed by atoms with Gasteiger partial charge in [0.15, 0.2) is 0 Å². The van der Waals surface area contributed by atoms with Crippen LogP contribution in [0.25, 0.3) is 10.9 Å². The minimum atomic E-state index is -3.84. The van der Waals surface area contributed by atoms with E-state index in [9.17, 15) is 12.8 Å². The van der Waals surface area contributed by atoms with Crippen molar-refractivity contribution in [1.82, 2.24) is 9.88 Å². The van der Waals surface area contributed by atoms with Gasteiger partial charge in [-0.2, -0.15) is 11.8 Å². The van der Waals surface area contributed by atoms with E-state index in [2.05, 4.69) is 14.6 Å².